The minimum atomic E-state index is -0.266. The van der Waals surface area contributed by atoms with Crippen LogP contribution in [0.3, 0.4) is 0 Å². The summed E-state index contributed by atoms with van der Waals surface area (Å²) in [6.07, 6.45) is 0.865. The minimum Gasteiger partial charge on any atom is -0.484 e. The second-order valence-corrected chi connectivity index (χ2v) is 7.87. The highest BCUT2D eigenvalue weighted by Crippen LogP contribution is 2.32. The van der Waals surface area contributed by atoms with Crippen LogP contribution in [0.1, 0.15) is 64.0 Å². The van der Waals surface area contributed by atoms with Gasteiger partial charge in [-0.05, 0) is 41.5 Å². The number of hydrogen-bond donors (Lipinski definition) is 3. The second kappa shape index (κ2) is 11.2. The van der Waals surface area contributed by atoms with Gasteiger partial charge in [-0.25, -0.2) is 4.79 Å². The van der Waals surface area contributed by atoms with Gasteiger partial charge in [-0.3, -0.25) is 4.79 Å². The molecular weight excluding hydrogens is 378 g/mol. The van der Waals surface area contributed by atoms with Crippen LogP contribution in [0.15, 0.2) is 42.5 Å². The van der Waals surface area contributed by atoms with Gasteiger partial charge in [-0.2, -0.15) is 0 Å². The van der Waals surface area contributed by atoms with Crippen molar-refractivity contribution in [2.24, 2.45) is 0 Å². The van der Waals surface area contributed by atoms with Crippen molar-refractivity contribution in [3.05, 3.63) is 53.6 Å². The predicted molar refractivity (Wildman–Crippen MR) is 122 cm³/mol. The quantitative estimate of drug-likeness (QED) is 0.511. The molecule has 3 N–H and O–H groups in total. The van der Waals surface area contributed by atoms with Crippen LogP contribution < -0.4 is 20.7 Å². The first kappa shape index (κ1) is 23.3. The maximum absolute atomic E-state index is 12.6. The molecule has 6 heteroatoms. The van der Waals surface area contributed by atoms with E-state index in [1.54, 1.807) is 24.3 Å². The topological polar surface area (TPSA) is 79.5 Å². The molecule has 0 heterocycles. The smallest absolute Gasteiger partial charge is 0.319 e. The highest BCUT2D eigenvalue weighted by molar-refractivity contribution is 5.94. The zero-order valence-corrected chi connectivity index (χ0v) is 18.5. The summed E-state index contributed by atoms with van der Waals surface area (Å²) in [7, 11) is 0. The van der Waals surface area contributed by atoms with E-state index in [1.165, 1.54) is 0 Å². The Hall–Kier alpha value is -3.02. The number of benzene rings is 2. The van der Waals surface area contributed by atoms with Crippen LogP contribution in [-0.4, -0.2) is 25.1 Å². The van der Waals surface area contributed by atoms with E-state index in [9.17, 15) is 9.59 Å². The average molecular weight is 412 g/mol. The maximum atomic E-state index is 12.6. The van der Waals surface area contributed by atoms with Gasteiger partial charge in [-0.1, -0.05) is 58.9 Å². The maximum Gasteiger partial charge on any atom is 0.319 e. The Balaban J connectivity index is 2.02. The van der Waals surface area contributed by atoms with Crippen molar-refractivity contribution in [3.8, 4) is 5.75 Å². The van der Waals surface area contributed by atoms with Crippen molar-refractivity contribution in [1.29, 1.82) is 0 Å². The monoisotopic (exact) mass is 411 g/mol. The SMILES string of the molecule is CCCNC(=O)Nc1cccc(OCC(=O)Nc2c(C(C)C)cccc2C(C)C)c1. The molecule has 0 aliphatic heterocycles. The third-order valence-electron chi connectivity index (χ3n) is 4.63. The van der Waals surface area contributed by atoms with E-state index in [1.807, 2.05) is 25.1 Å². The number of ether oxygens (including phenoxy) is 1. The Morgan fingerprint density at radius 2 is 1.57 bits per heavy atom. The molecule has 0 atom stereocenters. The highest BCUT2D eigenvalue weighted by Gasteiger charge is 2.16. The van der Waals surface area contributed by atoms with Crippen LogP contribution >= 0.6 is 0 Å². The summed E-state index contributed by atoms with van der Waals surface area (Å²) < 4.78 is 5.66. The van der Waals surface area contributed by atoms with Crippen LogP contribution in [0.5, 0.6) is 5.75 Å². The molecule has 0 radical (unpaired) electrons. The lowest BCUT2D eigenvalue weighted by atomic mass is 9.92. The minimum absolute atomic E-state index is 0.116. The zero-order chi connectivity index (χ0) is 22.1. The van der Waals surface area contributed by atoms with E-state index in [4.69, 9.17) is 4.74 Å². The number of urea groups is 1. The zero-order valence-electron chi connectivity index (χ0n) is 18.5. The molecule has 0 saturated carbocycles. The van der Waals surface area contributed by atoms with E-state index in [-0.39, 0.29) is 18.5 Å². The summed E-state index contributed by atoms with van der Waals surface area (Å²) in [6.45, 7) is 10.9. The fourth-order valence-electron chi connectivity index (χ4n) is 3.10. The van der Waals surface area contributed by atoms with Crippen molar-refractivity contribution in [2.75, 3.05) is 23.8 Å². The molecule has 2 aromatic rings. The summed E-state index contributed by atoms with van der Waals surface area (Å²) in [5.41, 5.74) is 3.70. The number of carbonyl (C=O) groups excluding carboxylic acids is 2. The van der Waals surface area contributed by atoms with Crippen LogP contribution in [0.4, 0.5) is 16.2 Å². The molecule has 162 valence electrons. The Morgan fingerprint density at radius 3 is 2.17 bits per heavy atom. The molecule has 0 aliphatic carbocycles. The number of amides is 3. The molecule has 30 heavy (non-hydrogen) atoms. The van der Waals surface area contributed by atoms with Crippen molar-refractivity contribution in [2.45, 2.75) is 52.9 Å². The number of para-hydroxylation sites is 1. The van der Waals surface area contributed by atoms with Gasteiger partial charge in [0.15, 0.2) is 6.61 Å². The van der Waals surface area contributed by atoms with Crippen LogP contribution in [0.25, 0.3) is 0 Å². The van der Waals surface area contributed by atoms with Crippen molar-refractivity contribution in [1.82, 2.24) is 5.32 Å². The third kappa shape index (κ3) is 6.79. The molecule has 0 fully saturated rings. The molecule has 2 rings (SSSR count). The molecule has 6 nitrogen and oxygen atoms in total. The van der Waals surface area contributed by atoms with Gasteiger partial charge in [0.25, 0.3) is 5.91 Å². The number of carbonyl (C=O) groups is 2. The normalized spacial score (nSPS) is 10.8. The van der Waals surface area contributed by atoms with Gasteiger partial charge in [0, 0.05) is 24.0 Å². The van der Waals surface area contributed by atoms with Crippen molar-refractivity contribution >= 4 is 23.3 Å². The molecule has 2 aromatic carbocycles. The number of anilines is 2. The largest absolute Gasteiger partial charge is 0.484 e. The Kier molecular flexibility index (Phi) is 8.71. The summed E-state index contributed by atoms with van der Waals surface area (Å²) in [5, 5.41) is 8.54. The Morgan fingerprint density at radius 1 is 0.933 bits per heavy atom. The first-order chi connectivity index (χ1) is 14.3. The van der Waals surface area contributed by atoms with Gasteiger partial charge in [0.2, 0.25) is 0 Å². The Labute approximate surface area is 179 Å². The van der Waals surface area contributed by atoms with Crippen molar-refractivity contribution in [3.63, 3.8) is 0 Å². The average Bonchev–Trinajstić information content (AvgIpc) is 2.70. The molecular formula is C24H33N3O3. The third-order valence-corrected chi connectivity index (χ3v) is 4.63. The second-order valence-electron chi connectivity index (χ2n) is 7.87. The van der Waals surface area contributed by atoms with Gasteiger partial charge in [0.1, 0.15) is 5.75 Å². The first-order valence-corrected chi connectivity index (χ1v) is 10.5. The van der Waals surface area contributed by atoms with Crippen LogP contribution in [0, 0.1) is 0 Å². The van der Waals surface area contributed by atoms with Gasteiger partial charge in [0.05, 0.1) is 0 Å². The van der Waals surface area contributed by atoms with Gasteiger partial charge < -0.3 is 20.7 Å². The van der Waals surface area contributed by atoms with Crippen molar-refractivity contribution < 1.29 is 14.3 Å². The summed E-state index contributed by atoms with van der Waals surface area (Å²) in [5.74, 6) is 0.881. The summed E-state index contributed by atoms with van der Waals surface area (Å²) in [4.78, 5) is 24.4. The molecule has 0 bridgehead atoms. The molecule has 0 saturated heterocycles. The molecule has 3 amide bonds. The standard InChI is InChI=1S/C24H33N3O3/c1-6-13-25-24(29)26-18-9-7-10-19(14-18)30-15-22(28)27-23-20(16(2)3)11-8-12-21(23)17(4)5/h7-12,14,16-17H,6,13,15H2,1-5H3,(H,27,28)(H2,25,26,29). The van der Waals surface area contributed by atoms with E-state index in [0.717, 1.165) is 23.2 Å². The van der Waals surface area contributed by atoms with Crippen LogP contribution in [0.2, 0.25) is 0 Å². The molecule has 0 unspecified atom stereocenters. The molecule has 0 spiro atoms. The van der Waals surface area contributed by atoms with Gasteiger partial charge in [-0.15, -0.1) is 0 Å². The summed E-state index contributed by atoms with van der Waals surface area (Å²) >= 11 is 0. The fraction of sp³-hybridized carbons (Fsp3) is 0.417. The number of rotatable bonds is 9. The van der Waals surface area contributed by atoms with E-state index in [2.05, 4.69) is 43.6 Å². The van der Waals surface area contributed by atoms with E-state index >= 15 is 0 Å². The fourth-order valence-corrected chi connectivity index (χ4v) is 3.10. The van der Waals surface area contributed by atoms with E-state index < -0.39 is 0 Å². The van der Waals surface area contributed by atoms with Crippen LogP contribution in [-0.2, 0) is 4.79 Å². The molecule has 0 aromatic heterocycles. The highest BCUT2D eigenvalue weighted by atomic mass is 16.5. The Bertz CT molecular complexity index is 836. The van der Waals surface area contributed by atoms with E-state index in [0.29, 0.717) is 29.8 Å². The summed E-state index contributed by atoms with van der Waals surface area (Å²) in [6, 6.07) is 12.9. The lowest BCUT2D eigenvalue weighted by Gasteiger charge is -2.20. The lowest BCUT2D eigenvalue weighted by Crippen LogP contribution is -2.29. The predicted octanol–water partition coefficient (Wildman–Crippen LogP) is 5.48. The van der Waals surface area contributed by atoms with Gasteiger partial charge >= 0.3 is 6.03 Å². The first-order valence-electron chi connectivity index (χ1n) is 10.5. The number of nitrogens with one attached hydrogen (secondary N) is 3. The molecule has 0 aliphatic rings. The lowest BCUT2D eigenvalue weighted by molar-refractivity contribution is -0.118. The number of hydrogen-bond acceptors (Lipinski definition) is 3.